The van der Waals surface area contributed by atoms with Crippen LogP contribution in [0.5, 0.6) is 0 Å². The fourth-order valence-corrected chi connectivity index (χ4v) is 4.13. The average Bonchev–Trinajstić information content (AvgIpc) is 3.26. The number of hydrogen-bond acceptors (Lipinski definition) is 6. The molecular weight excluding hydrogens is 368 g/mol. The zero-order chi connectivity index (χ0) is 17.6. The molecule has 1 aliphatic rings. The van der Waals surface area contributed by atoms with Crippen LogP contribution in [0.2, 0.25) is 5.02 Å². The van der Waals surface area contributed by atoms with E-state index >= 15 is 0 Å². The summed E-state index contributed by atoms with van der Waals surface area (Å²) in [5.41, 5.74) is 1.01. The Labute approximate surface area is 147 Å². The lowest BCUT2D eigenvalue weighted by Crippen LogP contribution is -2.18. The molecule has 25 heavy (non-hydrogen) atoms. The van der Waals surface area contributed by atoms with E-state index in [0.29, 0.717) is 10.6 Å². The molecule has 0 spiro atoms. The lowest BCUT2D eigenvalue weighted by molar-refractivity contribution is 0.101. The van der Waals surface area contributed by atoms with E-state index in [-0.39, 0.29) is 34.8 Å². The molecule has 4 rings (SSSR count). The summed E-state index contributed by atoms with van der Waals surface area (Å²) in [4.78, 5) is 20.8. The van der Waals surface area contributed by atoms with Gasteiger partial charge in [0.2, 0.25) is 20.9 Å². The van der Waals surface area contributed by atoms with Crippen LogP contribution in [0, 0.1) is 0 Å². The van der Waals surface area contributed by atoms with Crippen LogP contribution in [0.1, 0.15) is 10.5 Å². The van der Waals surface area contributed by atoms with Crippen molar-refractivity contribution in [1.29, 1.82) is 0 Å². The van der Waals surface area contributed by atoms with E-state index in [9.17, 15) is 13.2 Å². The molecule has 0 saturated heterocycles. The fraction of sp³-hybridized carbons (Fsp3) is 0.143. The molecule has 0 fully saturated rings. The maximum atomic E-state index is 12.7. The lowest BCUT2D eigenvalue weighted by Gasteiger charge is -2.07. The first-order chi connectivity index (χ1) is 12.0. The van der Waals surface area contributed by atoms with Crippen LogP contribution < -0.4 is 5.32 Å². The van der Waals surface area contributed by atoms with Crippen LogP contribution in [-0.4, -0.2) is 44.8 Å². The van der Waals surface area contributed by atoms with Crippen LogP contribution in [0.4, 0.5) is 5.95 Å². The van der Waals surface area contributed by atoms with E-state index in [1.807, 2.05) is 0 Å². The van der Waals surface area contributed by atoms with Crippen molar-refractivity contribution in [3.05, 3.63) is 41.3 Å². The van der Waals surface area contributed by atoms with Crippen molar-refractivity contribution in [3.8, 4) is 11.3 Å². The van der Waals surface area contributed by atoms with Gasteiger partial charge in [-0.15, -0.1) is 0 Å². The van der Waals surface area contributed by atoms with Gasteiger partial charge in [0.25, 0.3) is 5.91 Å². The quantitative estimate of drug-likeness (QED) is 0.709. The van der Waals surface area contributed by atoms with Gasteiger partial charge in [-0.05, 0) is 12.1 Å². The molecule has 128 valence electrons. The molecule has 1 aliphatic heterocycles. The normalized spacial score (nSPS) is 15.1. The minimum atomic E-state index is -3.51. The van der Waals surface area contributed by atoms with Crippen LogP contribution in [0.3, 0.4) is 0 Å². The van der Waals surface area contributed by atoms with Crippen molar-refractivity contribution >= 4 is 33.3 Å². The summed E-state index contributed by atoms with van der Waals surface area (Å²) < 4.78 is 25.8. The highest BCUT2D eigenvalue weighted by Crippen LogP contribution is 2.31. The van der Waals surface area contributed by atoms with E-state index in [0.717, 1.165) is 0 Å². The number of carbonyl (C=O) groups is 1. The number of H-pyrrole nitrogens is 1. The van der Waals surface area contributed by atoms with Crippen molar-refractivity contribution in [2.45, 2.75) is 11.7 Å². The number of anilines is 1. The first kappa shape index (κ1) is 15.8. The van der Waals surface area contributed by atoms with Crippen molar-refractivity contribution in [2.75, 3.05) is 11.1 Å². The number of nitrogens with one attached hydrogen (secondary N) is 2. The topological polar surface area (TPSA) is 123 Å². The Balaban J connectivity index is 1.86. The predicted octanol–water partition coefficient (Wildman–Crippen LogP) is 1.36. The Hall–Kier alpha value is -2.72. The van der Waals surface area contributed by atoms with E-state index in [1.54, 1.807) is 24.3 Å². The van der Waals surface area contributed by atoms with Gasteiger partial charge in [0.05, 0.1) is 5.75 Å². The zero-order valence-electron chi connectivity index (χ0n) is 12.6. The Bertz CT molecular complexity index is 1060. The van der Waals surface area contributed by atoms with Crippen molar-refractivity contribution in [3.63, 3.8) is 0 Å². The minimum absolute atomic E-state index is 0.0845. The standard InChI is InChI=1S/C14H11ClN6O3S/c15-9-3-1-8(2-4-9)10-11(12(22)19-13-16-7-17-20-13)21-5-6-25(23,24)14(21)18-10/h1-4,7H,5-6H2,(H2,16,17,19,20,22). The number of sulfone groups is 1. The van der Waals surface area contributed by atoms with Gasteiger partial charge in [-0.3, -0.25) is 10.1 Å². The Kier molecular flexibility index (Phi) is 3.58. The number of rotatable bonds is 3. The molecule has 1 aromatic carbocycles. The maximum absolute atomic E-state index is 12.7. The van der Waals surface area contributed by atoms with Crippen molar-refractivity contribution in [2.24, 2.45) is 0 Å². The van der Waals surface area contributed by atoms with Gasteiger partial charge in [0.15, 0.2) is 0 Å². The molecule has 3 aromatic rings. The number of halogens is 1. The smallest absolute Gasteiger partial charge is 0.276 e. The Morgan fingerprint density at radius 3 is 2.72 bits per heavy atom. The molecule has 0 bridgehead atoms. The number of fused-ring (bicyclic) bond motifs is 1. The van der Waals surface area contributed by atoms with E-state index < -0.39 is 15.7 Å². The molecule has 2 N–H and O–H groups in total. The molecule has 0 atom stereocenters. The summed E-state index contributed by atoms with van der Waals surface area (Å²) in [7, 11) is -3.51. The van der Waals surface area contributed by atoms with E-state index in [2.05, 4.69) is 25.5 Å². The molecule has 0 saturated carbocycles. The third kappa shape index (κ3) is 2.68. The van der Waals surface area contributed by atoms with Gasteiger partial charge in [-0.25, -0.2) is 18.5 Å². The van der Waals surface area contributed by atoms with E-state index in [4.69, 9.17) is 11.6 Å². The molecule has 0 aliphatic carbocycles. The third-order valence-corrected chi connectivity index (χ3v) is 5.61. The Morgan fingerprint density at radius 2 is 2.04 bits per heavy atom. The van der Waals surface area contributed by atoms with Gasteiger partial charge in [-0.1, -0.05) is 23.7 Å². The van der Waals surface area contributed by atoms with Gasteiger partial charge in [-0.2, -0.15) is 10.1 Å². The summed E-state index contributed by atoms with van der Waals surface area (Å²) in [6.45, 7) is 0.164. The number of benzene rings is 1. The highest BCUT2D eigenvalue weighted by Gasteiger charge is 2.35. The first-order valence-electron chi connectivity index (χ1n) is 7.21. The minimum Gasteiger partial charge on any atom is -0.309 e. The number of amides is 1. The van der Waals surface area contributed by atoms with Crippen LogP contribution in [-0.2, 0) is 16.4 Å². The second-order valence-corrected chi connectivity index (χ2v) is 7.80. The van der Waals surface area contributed by atoms with Crippen molar-refractivity contribution in [1.82, 2.24) is 24.7 Å². The second-order valence-electron chi connectivity index (χ2n) is 5.36. The molecule has 0 unspecified atom stereocenters. The van der Waals surface area contributed by atoms with Crippen molar-refractivity contribution < 1.29 is 13.2 Å². The summed E-state index contributed by atoms with van der Waals surface area (Å²) in [5.74, 6) is -0.459. The third-order valence-electron chi connectivity index (χ3n) is 3.77. The first-order valence-corrected chi connectivity index (χ1v) is 9.25. The molecule has 9 nitrogen and oxygen atoms in total. The van der Waals surface area contributed by atoms with Crippen LogP contribution in [0.15, 0.2) is 35.7 Å². The molecule has 3 heterocycles. The number of hydrogen-bond donors (Lipinski definition) is 2. The van der Waals surface area contributed by atoms with Gasteiger partial charge in [0.1, 0.15) is 17.7 Å². The fourth-order valence-electron chi connectivity index (χ4n) is 2.65. The highest BCUT2D eigenvalue weighted by molar-refractivity contribution is 7.91. The maximum Gasteiger partial charge on any atom is 0.276 e. The number of imidazole rings is 1. The highest BCUT2D eigenvalue weighted by atomic mass is 35.5. The summed E-state index contributed by atoms with van der Waals surface area (Å²) >= 11 is 5.90. The van der Waals surface area contributed by atoms with Gasteiger partial charge in [0, 0.05) is 17.1 Å². The predicted molar refractivity (Wildman–Crippen MR) is 89.1 cm³/mol. The monoisotopic (exact) mass is 378 g/mol. The largest absolute Gasteiger partial charge is 0.309 e. The number of aromatic amines is 1. The Morgan fingerprint density at radius 1 is 1.28 bits per heavy atom. The molecule has 1 amide bonds. The summed E-state index contributed by atoms with van der Waals surface area (Å²) in [6.07, 6.45) is 1.25. The van der Waals surface area contributed by atoms with Crippen LogP contribution >= 0.6 is 11.6 Å². The molecular formula is C14H11ClN6O3S. The van der Waals surface area contributed by atoms with E-state index in [1.165, 1.54) is 10.9 Å². The molecule has 0 radical (unpaired) electrons. The second kappa shape index (κ2) is 5.67. The van der Waals surface area contributed by atoms with Crippen LogP contribution in [0.25, 0.3) is 11.3 Å². The SMILES string of the molecule is O=C(Nc1ncn[nH]1)c1c(-c2ccc(Cl)cc2)nc2n1CCS2(=O)=O. The number of aromatic nitrogens is 5. The average molecular weight is 379 g/mol. The summed E-state index contributed by atoms with van der Waals surface area (Å²) in [6, 6.07) is 6.65. The number of nitrogens with zero attached hydrogens (tertiary/aromatic N) is 4. The summed E-state index contributed by atoms with van der Waals surface area (Å²) in [5, 5.41) is 9.15. The lowest BCUT2D eigenvalue weighted by atomic mass is 10.1. The number of carbonyl (C=O) groups excluding carboxylic acids is 1. The van der Waals surface area contributed by atoms with Gasteiger partial charge >= 0.3 is 0 Å². The molecule has 2 aromatic heterocycles. The zero-order valence-corrected chi connectivity index (χ0v) is 14.2. The molecule has 11 heteroatoms. The van der Waals surface area contributed by atoms with Gasteiger partial charge < -0.3 is 4.57 Å².